The van der Waals surface area contributed by atoms with Gasteiger partial charge in [0.25, 0.3) is 11.6 Å². The van der Waals surface area contributed by atoms with Gasteiger partial charge in [-0.2, -0.15) is 13.2 Å². The zero-order chi connectivity index (χ0) is 23.6. The van der Waals surface area contributed by atoms with Crippen LogP contribution < -0.4 is 14.8 Å². The Bertz CT molecular complexity index is 1050. The van der Waals surface area contributed by atoms with E-state index in [4.69, 9.17) is 9.47 Å². The van der Waals surface area contributed by atoms with Crippen molar-refractivity contribution in [3.05, 3.63) is 63.2 Å². The molecule has 1 fully saturated rings. The Morgan fingerprint density at radius 2 is 1.79 bits per heavy atom. The van der Waals surface area contributed by atoms with Crippen molar-refractivity contribution < 1.29 is 32.4 Å². The third-order valence-corrected chi connectivity index (χ3v) is 5.69. The number of likely N-dealkylation sites (tertiary alicyclic amines) is 1. The average Bonchev–Trinajstić information content (AvgIpc) is 2.79. The van der Waals surface area contributed by atoms with Gasteiger partial charge in [0.15, 0.2) is 11.5 Å². The number of hydrogen-bond acceptors (Lipinski definition) is 6. The number of carbonyl (C=O) groups excluding carboxylic acids is 1. The van der Waals surface area contributed by atoms with Gasteiger partial charge in [0.05, 0.1) is 16.6 Å². The molecule has 4 rings (SSSR count). The van der Waals surface area contributed by atoms with E-state index < -0.39 is 22.6 Å². The van der Waals surface area contributed by atoms with Gasteiger partial charge in [-0.05, 0) is 24.5 Å². The molecule has 2 aliphatic rings. The number of amides is 1. The largest absolute Gasteiger partial charge is 0.486 e. The number of ether oxygens (including phenoxy) is 2. The van der Waals surface area contributed by atoms with Crippen LogP contribution in [0.2, 0.25) is 0 Å². The van der Waals surface area contributed by atoms with Crippen LogP contribution in [0, 0.1) is 10.1 Å². The summed E-state index contributed by atoms with van der Waals surface area (Å²) in [5.41, 5.74) is -0.572. The first-order valence-corrected chi connectivity index (χ1v) is 10.5. The minimum absolute atomic E-state index is 0.101. The van der Waals surface area contributed by atoms with E-state index in [1.165, 1.54) is 18.2 Å². The molecule has 2 aliphatic heterocycles. The van der Waals surface area contributed by atoms with Crippen molar-refractivity contribution in [2.75, 3.05) is 26.3 Å². The number of alkyl halides is 3. The van der Waals surface area contributed by atoms with Gasteiger partial charge in [-0.3, -0.25) is 19.8 Å². The van der Waals surface area contributed by atoms with Crippen molar-refractivity contribution in [3.63, 3.8) is 0 Å². The summed E-state index contributed by atoms with van der Waals surface area (Å²) in [6.45, 7) is 2.08. The molecule has 0 unspecified atom stereocenters. The fourth-order valence-electron chi connectivity index (χ4n) is 4.01. The molecule has 33 heavy (non-hydrogen) atoms. The fourth-order valence-corrected chi connectivity index (χ4v) is 4.01. The zero-order valence-electron chi connectivity index (χ0n) is 17.6. The van der Waals surface area contributed by atoms with Crippen LogP contribution in [0.15, 0.2) is 36.4 Å². The maximum atomic E-state index is 12.9. The smallest absolute Gasteiger partial charge is 0.416 e. The van der Waals surface area contributed by atoms with Crippen LogP contribution in [0.5, 0.6) is 11.5 Å². The summed E-state index contributed by atoms with van der Waals surface area (Å²) in [5, 5.41) is 14.3. The van der Waals surface area contributed by atoms with E-state index in [-0.39, 0.29) is 42.0 Å². The summed E-state index contributed by atoms with van der Waals surface area (Å²) < 4.78 is 49.6. The van der Waals surface area contributed by atoms with Gasteiger partial charge in [-0.25, -0.2) is 0 Å². The fraction of sp³-hybridized carbons (Fsp3) is 0.409. The second-order valence-corrected chi connectivity index (χ2v) is 7.99. The number of nitrogens with one attached hydrogen (secondary N) is 1. The minimum Gasteiger partial charge on any atom is -0.486 e. The summed E-state index contributed by atoms with van der Waals surface area (Å²) in [4.78, 5) is 25.6. The summed E-state index contributed by atoms with van der Waals surface area (Å²) in [7, 11) is 0. The second kappa shape index (κ2) is 9.26. The SMILES string of the molecule is O=C(NC1CCN(Cc2cccc(C(F)(F)F)c2)CC1)c1cc2c(cc1[N+](=O)[O-])OCCO2. The Labute approximate surface area is 187 Å². The topological polar surface area (TPSA) is 93.9 Å². The van der Waals surface area contributed by atoms with Crippen LogP contribution in [-0.2, 0) is 12.7 Å². The Morgan fingerprint density at radius 3 is 2.42 bits per heavy atom. The first-order valence-electron chi connectivity index (χ1n) is 10.5. The Balaban J connectivity index is 1.37. The molecule has 2 aromatic carbocycles. The van der Waals surface area contributed by atoms with Crippen LogP contribution in [0.4, 0.5) is 18.9 Å². The maximum absolute atomic E-state index is 12.9. The molecular weight excluding hydrogens is 443 g/mol. The molecule has 2 aromatic rings. The maximum Gasteiger partial charge on any atom is 0.416 e. The molecule has 2 heterocycles. The van der Waals surface area contributed by atoms with Gasteiger partial charge in [-0.15, -0.1) is 0 Å². The number of hydrogen-bond donors (Lipinski definition) is 1. The van der Waals surface area contributed by atoms with Crippen LogP contribution in [0.1, 0.15) is 34.3 Å². The van der Waals surface area contributed by atoms with Crippen molar-refractivity contribution in [2.24, 2.45) is 0 Å². The highest BCUT2D eigenvalue weighted by atomic mass is 19.4. The van der Waals surface area contributed by atoms with Gasteiger partial charge in [-0.1, -0.05) is 18.2 Å². The first-order chi connectivity index (χ1) is 15.7. The predicted molar refractivity (Wildman–Crippen MR) is 111 cm³/mol. The molecule has 1 saturated heterocycles. The van der Waals surface area contributed by atoms with Gasteiger partial charge in [0.1, 0.15) is 18.8 Å². The van der Waals surface area contributed by atoms with E-state index in [9.17, 15) is 28.1 Å². The van der Waals surface area contributed by atoms with Crippen molar-refractivity contribution in [1.82, 2.24) is 10.2 Å². The number of nitro groups is 1. The lowest BCUT2D eigenvalue weighted by atomic mass is 10.0. The molecule has 0 atom stereocenters. The van der Waals surface area contributed by atoms with E-state index in [0.29, 0.717) is 38.0 Å². The number of halogens is 3. The van der Waals surface area contributed by atoms with Gasteiger partial charge in [0, 0.05) is 31.7 Å². The van der Waals surface area contributed by atoms with E-state index in [0.717, 1.165) is 12.1 Å². The van der Waals surface area contributed by atoms with Gasteiger partial charge < -0.3 is 14.8 Å². The molecule has 0 saturated carbocycles. The van der Waals surface area contributed by atoms with E-state index in [1.54, 1.807) is 6.07 Å². The number of benzene rings is 2. The van der Waals surface area contributed by atoms with Crippen molar-refractivity contribution in [3.8, 4) is 11.5 Å². The number of piperidine rings is 1. The summed E-state index contributed by atoms with van der Waals surface area (Å²) >= 11 is 0. The van der Waals surface area contributed by atoms with E-state index in [2.05, 4.69) is 5.32 Å². The van der Waals surface area contributed by atoms with Crippen LogP contribution in [0.25, 0.3) is 0 Å². The summed E-state index contributed by atoms with van der Waals surface area (Å²) in [6, 6.07) is 7.56. The molecule has 0 aromatic heterocycles. The normalized spacial score (nSPS) is 16.9. The lowest BCUT2D eigenvalue weighted by molar-refractivity contribution is -0.385. The summed E-state index contributed by atoms with van der Waals surface area (Å²) in [6.07, 6.45) is -3.24. The van der Waals surface area contributed by atoms with Crippen molar-refractivity contribution in [2.45, 2.75) is 31.6 Å². The van der Waals surface area contributed by atoms with Crippen molar-refractivity contribution >= 4 is 11.6 Å². The lowest BCUT2D eigenvalue weighted by Gasteiger charge is -2.32. The number of fused-ring (bicyclic) bond motifs is 1. The minimum atomic E-state index is -4.39. The van der Waals surface area contributed by atoms with E-state index >= 15 is 0 Å². The highest BCUT2D eigenvalue weighted by Crippen LogP contribution is 2.36. The third-order valence-electron chi connectivity index (χ3n) is 5.69. The molecule has 176 valence electrons. The van der Waals surface area contributed by atoms with Crippen LogP contribution in [0.3, 0.4) is 0 Å². The Morgan fingerprint density at radius 1 is 1.12 bits per heavy atom. The molecular formula is C22H22F3N3O5. The molecule has 8 nitrogen and oxygen atoms in total. The number of rotatable bonds is 5. The molecule has 0 spiro atoms. The molecule has 1 N–H and O–H groups in total. The lowest BCUT2D eigenvalue weighted by Crippen LogP contribution is -2.44. The van der Waals surface area contributed by atoms with E-state index in [1.807, 2.05) is 4.90 Å². The molecule has 0 aliphatic carbocycles. The quantitative estimate of drug-likeness (QED) is 0.534. The molecule has 0 radical (unpaired) electrons. The van der Waals surface area contributed by atoms with Gasteiger partial charge in [0.2, 0.25) is 0 Å². The van der Waals surface area contributed by atoms with Gasteiger partial charge >= 0.3 is 6.18 Å². The van der Waals surface area contributed by atoms with Crippen LogP contribution in [-0.4, -0.2) is 48.1 Å². The average molecular weight is 465 g/mol. The highest BCUT2D eigenvalue weighted by molar-refractivity contribution is 5.99. The number of nitro benzene ring substituents is 1. The predicted octanol–water partition coefficient (Wildman–Crippen LogP) is 3.78. The second-order valence-electron chi connectivity index (χ2n) is 7.99. The molecule has 0 bridgehead atoms. The Kier molecular flexibility index (Phi) is 6.41. The highest BCUT2D eigenvalue weighted by Gasteiger charge is 2.31. The van der Waals surface area contributed by atoms with Crippen LogP contribution >= 0.6 is 0 Å². The molecule has 11 heteroatoms. The first kappa shape index (κ1) is 22.8. The van der Waals surface area contributed by atoms with Crippen molar-refractivity contribution in [1.29, 1.82) is 0 Å². The standard InChI is InChI=1S/C22H22F3N3O5/c23-22(24,25)15-3-1-2-14(10-15)13-27-6-4-16(5-7-27)26-21(29)17-11-19-20(33-9-8-32-19)12-18(17)28(30)31/h1-3,10-12,16H,4-9,13H2,(H,26,29). The monoisotopic (exact) mass is 465 g/mol. The summed E-state index contributed by atoms with van der Waals surface area (Å²) in [5.74, 6) is -0.0599. The number of nitrogens with zero attached hydrogens (tertiary/aromatic N) is 2. The zero-order valence-corrected chi connectivity index (χ0v) is 17.6. The molecule has 1 amide bonds. The Hall–Kier alpha value is -3.34. The number of carbonyl (C=O) groups is 1. The third kappa shape index (κ3) is 5.36.